The Morgan fingerprint density at radius 1 is 1.15 bits per heavy atom. The van der Waals surface area contributed by atoms with E-state index in [0.717, 1.165) is 22.5 Å². The average molecular weight is 372 g/mol. The van der Waals surface area contributed by atoms with Gasteiger partial charge in [0.15, 0.2) is 0 Å². The van der Waals surface area contributed by atoms with Crippen LogP contribution in [0.4, 0.5) is 11.4 Å². The van der Waals surface area contributed by atoms with Crippen LogP contribution in [0, 0.1) is 10.1 Å². The lowest BCUT2D eigenvalue weighted by Crippen LogP contribution is -2.16. The minimum absolute atomic E-state index is 0.228. The van der Waals surface area contributed by atoms with Crippen molar-refractivity contribution < 1.29 is 13.3 Å². The molecule has 0 fully saturated rings. The number of nitro groups is 1. The number of benzene rings is 2. The van der Waals surface area contributed by atoms with E-state index in [4.69, 9.17) is 5.14 Å². The molecule has 0 atom stereocenters. The Labute approximate surface area is 149 Å². The molecule has 0 saturated carbocycles. The number of aromatic nitrogens is 1. The number of hydrogen-bond donors (Lipinski definition) is 2. The van der Waals surface area contributed by atoms with Gasteiger partial charge in [0.2, 0.25) is 10.0 Å². The molecule has 3 N–H and O–H groups in total. The monoisotopic (exact) mass is 372 g/mol. The Morgan fingerprint density at radius 3 is 2.65 bits per heavy atom. The number of para-hydroxylation sites is 1. The molecule has 0 saturated heterocycles. The van der Waals surface area contributed by atoms with Crippen LogP contribution >= 0.6 is 0 Å². The molecule has 3 aromatic rings. The first-order valence-electron chi connectivity index (χ1n) is 7.74. The zero-order valence-electron chi connectivity index (χ0n) is 13.6. The number of nitrogens with two attached hydrogens (primary N) is 1. The Kier molecular flexibility index (Phi) is 4.83. The Morgan fingerprint density at radius 2 is 1.92 bits per heavy atom. The maximum absolute atomic E-state index is 11.7. The summed E-state index contributed by atoms with van der Waals surface area (Å²) in [6, 6.07) is 13.2. The molecule has 0 spiro atoms. The first-order valence-corrected chi connectivity index (χ1v) is 9.28. The van der Waals surface area contributed by atoms with E-state index in [9.17, 15) is 18.5 Å². The zero-order chi connectivity index (χ0) is 18.7. The summed E-state index contributed by atoms with van der Waals surface area (Å²) < 4.78 is 23.5. The lowest BCUT2D eigenvalue weighted by molar-refractivity contribution is -0.385. The number of nitro benzene ring substituents is 1. The van der Waals surface area contributed by atoms with E-state index >= 15 is 0 Å². The van der Waals surface area contributed by atoms with Crippen LogP contribution in [0.3, 0.4) is 0 Å². The minimum atomic E-state index is -4.10. The maximum Gasteiger partial charge on any atom is 0.270 e. The van der Waals surface area contributed by atoms with Crippen molar-refractivity contribution in [3.63, 3.8) is 0 Å². The molecule has 1 heterocycles. The third-order valence-corrected chi connectivity index (χ3v) is 4.86. The first kappa shape index (κ1) is 17.8. The number of fused-ring (bicyclic) bond motifs is 1. The van der Waals surface area contributed by atoms with E-state index in [1.807, 2.05) is 30.3 Å². The summed E-state index contributed by atoms with van der Waals surface area (Å²) in [6.07, 6.45) is 2.31. The predicted octanol–water partition coefficient (Wildman–Crippen LogP) is 2.45. The topological polar surface area (TPSA) is 128 Å². The van der Waals surface area contributed by atoms with Gasteiger partial charge in [-0.3, -0.25) is 15.1 Å². The Balaban J connectivity index is 1.82. The molecule has 0 aliphatic heterocycles. The van der Waals surface area contributed by atoms with Crippen LogP contribution in [0.15, 0.2) is 59.6 Å². The van der Waals surface area contributed by atoms with Crippen LogP contribution in [0.1, 0.15) is 5.56 Å². The number of primary sulfonamides is 1. The van der Waals surface area contributed by atoms with Crippen LogP contribution in [0.2, 0.25) is 0 Å². The van der Waals surface area contributed by atoms with Crippen LogP contribution in [0.5, 0.6) is 0 Å². The number of nitrogens with one attached hydrogen (secondary N) is 1. The lowest BCUT2D eigenvalue weighted by Gasteiger charge is -2.11. The molecule has 134 valence electrons. The highest BCUT2D eigenvalue weighted by Crippen LogP contribution is 2.25. The summed E-state index contributed by atoms with van der Waals surface area (Å²) in [5, 5.41) is 20.0. The van der Waals surface area contributed by atoms with Crippen molar-refractivity contribution in [2.24, 2.45) is 5.14 Å². The van der Waals surface area contributed by atoms with E-state index in [0.29, 0.717) is 13.0 Å². The number of sulfonamides is 1. The van der Waals surface area contributed by atoms with Crippen LogP contribution < -0.4 is 10.5 Å². The van der Waals surface area contributed by atoms with Crippen LogP contribution in [-0.4, -0.2) is 24.9 Å². The summed E-state index contributed by atoms with van der Waals surface area (Å²) in [5.74, 6) is 0. The van der Waals surface area contributed by atoms with Gasteiger partial charge >= 0.3 is 0 Å². The first-order chi connectivity index (χ1) is 12.4. The fourth-order valence-corrected chi connectivity index (χ4v) is 3.44. The minimum Gasteiger partial charge on any atom is -0.384 e. The number of hydrogen-bond acceptors (Lipinski definition) is 6. The van der Waals surface area contributed by atoms with E-state index < -0.39 is 14.9 Å². The highest BCUT2D eigenvalue weighted by atomic mass is 32.2. The predicted molar refractivity (Wildman–Crippen MR) is 98.4 cm³/mol. The second-order valence-corrected chi connectivity index (χ2v) is 7.18. The SMILES string of the molecule is NS(=O)(=O)c1cc([N+](=O)[O-])ccc1NCCc1cccc2cccnc12. The molecule has 0 radical (unpaired) electrons. The molecule has 0 unspecified atom stereocenters. The second kappa shape index (κ2) is 7.06. The molecule has 2 aromatic carbocycles. The number of anilines is 1. The van der Waals surface area contributed by atoms with E-state index in [1.54, 1.807) is 6.20 Å². The molecule has 0 aliphatic carbocycles. The highest BCUT2D eigenvalue weighted by molar-refractivity contribution is 7.89. The van der Waals surface area contributed by atoms with E-state index in [1.165, 1.54) is 12.1 Å². The molecule has 1 aromatic heterocycles. The third-order valence-electron chi connectivity index (χ3n) is 3.91. The summed E-state index contributed by atoms with van der Waals surface area (Å²) in [6.45, 7) is 0.413. The van der Waals surface area contributed by atoms with Crippen molar-refractivity contribution >= 4 is 32.3 Å². The number of nitrogens with zero attached hydrogens (tertiary/aromatic N) is 2. The van der Waals surface area contributed by atoms with Crippen molar-refractivity contribution in [3.05, 3.63) is 70.4 Å². The van der Waals surface area contributed by atoms with Gasteiger partial charge in [-0.05, 0) is 24.1 Å². The normalized spacial score (nSPS) is 11.4. The largest absolute Gasteiger partial charge is 0.384 e. The second-order valence-electron chi connectivity index (χ2n) is 5.65. The highest BCUT2D eigenvalue weighted by Gasteiger charge is 2.18. The molecule has 9 heteroatoms. The molecular weight excluding hydrogens is 356 g/mol. The van der Waals surface area contributed by atoms with Crippen molar-refractivity contribution in [2.75, 3.05) is 11.9 Å². The Bertz CT molecular complexity index is 1080. The van der Waals surface area contributed by atoms with Crippen molar-refractivity contribution in [1.29, 1.82) is 0 Å². The summed E-state index contributed by atoms with van der Waals surface area (Å²) in [7, 11) is -4.10. The van der Waals surface area contributed by atoms with Gasteiger partial charge in [0.1, 0.15) is 4.90 Å². The molecule has 0 bridgehead atoms. The van der Waals surface area contributed by atoms with Crippen LogP contribution in [0.25, 0.3) is 10.9 Å². The molecule has 3 rings (SSSR count). The molecular formula is C17H16N4O4S. The van der Waals surface area contributed by atoms with Gasteiger partial charge in [-0.2, -0.15) is 0 Å². The number of pyridine rings is 1. The van der Waals surface area contributed by atoms with Gasteiger partial charge in [0.05, 0.1) is 16.1 Å². The van der Waals surface area contributed by atoms with Crippen molar-refractivity contribution in [2.45, 2.75) is 11.3 Å². The van der Waals surface area contributed by atoms with Crippen LogP contribution in [-0.2, 0) is 16.4 Å². The quantitative estimate of drug-likeness (QED) is 0.505. The summed E-state index contributed by atoms with van der Waals surface area (Å²) in [4.78, 5) is 14.3. The van der Waals surface area contributed by atoms with E-state index in [-0.39, 0.29) is 16.3 Å². The molecule has 8 nitrogen and oxygen atoms in total. The zero-order valence-corrected chi connectivity index (χ0v) is 14.4. The van der Waals surface area contributed by atoms with Gasteiger partial charge in [0.25, 0.3) is 5.69 Å². The average Bonchev–Trinajstić information content (AvgIpc) is 2.61. The van der Waals surface area contributed by atoms with E-state index in [2.05, 4.69) is 10.3 Å². The van der Waals surface area contributed by atoms with Gasteiger partial charge in [-0.1, -0.05) is 24.3 Å². The summed E-state index contributed by atoms with van der Waals surface area (Å²) in [5.41, 5.74) is 1.78. The number of non-ortho nitro benzene ring substituents is 1. The van der Waals surface area contributed by atoms with Gasteiger partial charge in [0, 0.05) is 30.3 Å². The number of rotatable bonds is 6. The molecule has 0 aliphatic rings. The van der Waals surface area contributed by atoms with Crippen molar-refractivity contribution in [3.8, 4) is 0 Å². The van der Waals surface area contributed by atoms with Crippen molar-refractivity contribution in [1.82, 2.24) is 4.98 Å². The fraction of sp³-hybridized carbons (Fsp3) is 0.118. The Hall–Kier alpha value is -3.04. The maximum atomic E-state index is 11.7. The lowest BCUT2D eigenvalue weighted by atomic mass is 10.1. The van der Waals surface area contributed by atoms with Gasteiger partial charge in [-0.15, -0.1) is 0 Å². The fourth-order valence-electron chi connectivity index (χ4n) is 2.71. The molecule has 26 heavy (non-hydrogen) atoms. The smallest absolute Gasteiger partial charge is 0.270 e. The third kappa shape index (κ3) is 3.79. The molecule has 0 amide bonds. The standard InChI is InChI=1S/C17H16N4O4S/c18-26(24,25)16-11-14(21(22)23)6-7-15(16)19-10-8-13-4-1-3-12-5-2-9-20-17(12)13/h1-7,9,11,19H,8,10H2,(H2,18,24,25). The van der Waals surface area contributed by atoms with Gasteiger partial charge in [-0.25, -0.2) is 13.6 Å². The summed E-state index contributed by atoms with van der Waals surface area (Å²) >= 11 is 0. The van der Waals surface area contributed by atoms with Gasteiger partial charge < -0.3 is 5.32 Å².